The van der Waals surface area contributed by atoms with Gasteiger partial charge in [0.15, 0.2) is 0 Å². The van der Waals surface area contributed by atoms with Gasteiger partial charge in [-0.05, 0) is 34.6 Å². The molecule has 106 valence electrons. The van der Waals surface area contributed by atoms with Gasteiger partial charge in [-0.25, -0.2) is 4.98 Å². The van der Waals surface area contributed by atoms with Crippen LogP contribution in [-0.2, 0) is 0 Å². The van der Waals surface area contributed by atoms with Crippen molar-refractivity contribution in [3.63, 3.8) is 0 Å². The number of ether oxygens (including phenoxy) is 2. The van der Waals surface area contributed by atoms with Gasteiger partial charge in [0, 0.05) is 16.9 Å². The van der Waals surface area contributed by atoms with Crippen molar-refractivity contribution in [2.75, 3.05) is 21.3 Å². The first kappa shape index (κ1) is 14.7. The van der Waals surface area contributed by atoms with Gasteiger partial charge >= 0.3 is 0 Å². The number of hydrogen-bond acceptors (Lipinski definition) is 6. The summed E-state index contributed by atoms with van der Waals surface area (Å²) in [6.45, 7) is 0. The Labute approximate surface area is 125 Å². The highest BCUT2D eigenvalue weighted by Crippen LogP contribution is 2.28. The fraction of sp³-hybridized carbons (Fsp3) is 0.308. The summed E-state index contributed by atoms with van der Waals surface area (Å²) >= 11 is 3.41. The van der Waals surface area contributed by atoms with Crippen LogP contribution in [0.5, 0.6) is 11.8 Å². The molecule has 0 saturated heterocycles. The molecule has 0 saturated carbocycles. The van der Waals surface area contributed by atoms with Gasteiger partial charge < -0.3 is 14.8 Å². The number of halogens is 1. The molecule has 20 heavy (non-hydrogen) atoms. The summed E-state index contributed by atoms with van der Waals surface area (Å²) in [4.78, 5) is 12.8. The molecule has 0 radical (unpaired) electrons. The molecule has 1 atom stereocenters. The summed E-state index contributed by atoms with van der Waals surface area (Å²) in [6.07, 6.45) is 5.07. The van der Waals surface area contributed by atoms with Gasteiger partial charge in [0.1, 0.15) is 5.69 Å². The first-order chi connectivity index (χ1) is 9.69. The van der Waals surface area contributed by atoms with Crippen LogP contribution in [0.3, 0.4) is 0 Å². The smallest absolute Gasteiger partial charge is 0.240 e. The van der Waals surface area contributed by atoms with E-state index in [1.54, 1.807) is 25.7 Å². The van der Waals surface area contributed by atoms with Crippen LogP contribution in [0.4, 0.5) is 0 Å². The highest BCUT2D eigenvalue weighted by molar-refractivity contribution is 9.10. The topological polar surface area (TPSA) is 69.2 Å². The molecule has 1 N–H and O–H groups in total. The van der Waals surface area contributed by atoms with E-state index in [0.29, 0.717) is 17.5 Å². The number of nitrogens with one attached hydrogen (secondary N) is 1. The van der Waals surface area contributed by atoms with Crippen LogP contribution in [0.1, 0.15) is 17.3 Å². The second kappa shape index (κ2) is 6.62. The molecule has 0 spiro atoms. The highest BCUT2D eigenvalue weighted by atomic mass is 79.9. The third-order valence-electron chi connectivity index (χ3n) is 2.77. The lowest BCUT2D eigenvalue weighted by molar-refractivity contribution is 0.353. The first-order valence-electron chi connectivity index (χ1n) is 5.92. The average Bonchev–Trinajstić information content (AvgIpc) is 2.48. The second-order valence-electron chi connectivity index (χ2n) is 3.97. The van der Waals surface area contributed by atoms with Gasteiger partial charge in [-0.15, -0.1) is 0 Å². The fourth-order valence-electron chi connectivity index (χ4n) is 1.86. The van der Waals surface area contributed by atoms with Gasteiger partial charge in [-0.2, -0.15) is 4.98 Å². The monoisotopic (exact) mass is 338 g/mol. The standard InChI is InChI=1S/C13H15BrN4O2/c1-15-11(8-4-9(14)6-16-5-8)12-13(20-3)18-10(19-2)7-17-12/h4-7,11,15H,1-3H3. The van der Waals surface area contributed by atoms with E-state index >= 15 is 0 Å². The van der Waals surface area contributed by atoms with Crippen LogP contribution in [0, 0.1) is 0 Å². The van der Waals surface area contributed by atoms with Gasteiger partial charge in [0.25, 0.3) is 0 Å². The summed E-state index contributed by atoms with van der Waals surface area (Å²) in [5.41, 5.74) is 1.63. The Hall–Kier alpha value is -1.73. The molecule has 0 aromatic carbocycles. The first-order valence-corrected chi connectivity index (χ1v) is 6.71. The van der Waals surface area contributed by atoms with Gasteiger partial charge in [0.05, 0.1) is 26.5 Å². The van der Waals surface area contributed by atoms with Crippen LogP contribution in [0.2, 0.25) is 0 Å². The molecule has 0 bridgehead atoms. The number of nitrogens with zero attached hydrogens (tertiary/aromatic N) is 3. The maximum Gasteiger partial charge on any atom is 0.240 e. The largest absolute Gasteiger partial charge is 0.480 e. The van der Waals surface area contributed by atoms with Crippen LogP contribution in [-0.4, -0.2) is 36.2 Å². The van der Waals surface area contributed by atoms with Crippen LogP contribution >= 0.6 is 15.9 Å². The van der Waals surface area contributed by atoms with Gasteiger partial charge in [0.2, 0.25) is 11.8 Å². The van der Waals surface area contributed by atoms with Crippen molar-refractivity contribution in [1.29, 1.82) is 0 Å². The maximum atomic E-state index is 5.30. The lowest BCUT2D eigenvalue weighted by Gasteiger charge is -2.18. The normalized spacial score (nSPS) is 12.0. The minimum Gasteiger partial charge on any atom is -0.480 e. The molecule has 6 nitrogen and oxygen atoms in total. The molecular weight excluding hydrogens is 324 g/mol. The zero-order valence-corrected chi connectivity index (χ0v) is 13.0. The minimum absolute atomic E-state index is 0.173. The fourth-order valence-corrected chi connectivity index (χ4v) is 2.24. The minimum atomic E-state index is -0.173. The molecule has 7 heteroatoms. The average molecular weight is 339 g/mol. The van der Waals surface area contributed by atoms with Crippen molar-refractivity contribution < 1.29 is 9.47 Å². The van der Waals surface area contributed by atoms with E-state index in [0.717, 1.165) is 10.0 Å². The Kier molecular flexibility index (Phi) is 4.86. The maximum absolute atomic E-state index is 5.30. The molecule has 2 aromatic heterocycles. The summed E-state index contributed by atoms with van der Waals surface area (Å²) in [5.74, 6) is 0.830. The van der Waals surface area contributed by atoms with Gasteiger partial charge in [-0.1, -0.05) is 0 Å². The molecule has 0 aliphatic heterocycles. The number of pyridine rings is 1. The Bertz CT molecular complexity index is 594. The zero-order valence-electron chi connectivity index (χ0n) is 11.4. The predicted molar refractivity (Wildman–Crippen MR) is 78.0 cm³/mol. The number of hydrogen-bond donors (Lipinski definition) is 1. The lowest BCUT2D eigenvalue weighted by atomic mass is 10.1. The van der Waals surface area contributed by atoms with E-state index in [2.05, 4.69) is 36.2 Å². The predicted octanol–water partition coefficient (Wildman–Crippen LogP) is 1.96. The van der Waals surface area contributed by atoms with Gasteiger partial charge in [-0.3, -0.25) is 4.98 Å². The number of aromatic nitrogens is 3. The van der Waals surface area contributed by atoms with Crippen LogP contribution in [0.15, 0.2) is 29.1 Å². The lowest BCUT2D eigenvalue weighted by Crippen LogP contribution is -2.20. The van der Waals surface area contributed by atoms with E-state index < -0.39 is 0 Å². The van der Waals surface area contributed by atoms with Crippen molar-refractivity contribution in [3.8, 4) is 11.8 Å². The Morgan fingerprint density at radius 1 is 1.20 bits per heavy atom. The summed E-state index contributed by atoms with van der Waals surface area (Å²) in [6, 6.07) is 1.80. The van der Waals surface area contributed by atoms with Crippen molar-refractivity contribution in [2.45, 2.75) is 6.04 Å². The quantitative estimate of drug-likeness (QED) is 0.898. The van der Waals surface area contributed by atoms with Crippen molar-refractivity contribution in [2.24, 2.45) is 0 Å². The Morgan fingerprint density at radius 3 is 2.60 bits per heavy atom. The van der Waals surface area contributed by atoms with Crippen LogP contribution in [0.25, 0.3) is 0 Å². The molecule has 2 aromatic rings. The molecule has 0 aliphatic carbocycles. The number of methoxy groups -OCH3 is 2. The molecule has 0 amide bonds. The zero-order chi connectivity index (χ0) is 14.5. The van der Waals surface area contributed by atoms with E-state index in [-0.39, 0.29) is 6.04 Å². The van der Waals surface area contributed by atoms with E-state index in [9.17, 15) is 0 Å². The van der Waals surface area contributed by atoms with E-state index in [1.165, 1.54) is 7.11 Å². The molecule has 0 fully saturated rings. The van der Waals surface area contributed by atoms with E-state index in [1.807, 2.05) is 13.1 Å². The van der Waals surface area contributed by atoms with Crippen molar-refractivity contribution in [1.82, 2.24) is 20.3 Å². The number of rotatable bonds is 5. The Morgan fingerprint density at radius 2 is 2.00 bits per heavy atom. The molecule has 2 heterocycles. The van der Waals surface area contributed by atoms with Crippen molar-refractivity contribution in [3.05, 3.63) is 40.4 Å². The summed E-state index contributed by atoms with van der Waals surface area (Å²) < 4.78 is 11.3. The molecule has 0 aliphatic rings. The van der Waals surface area contributed by atoms with Crippen LogP contribution < -0.4 is 14.8 Å². The summed E-state index contributed by atoms with van der Waals surface area (Å²) in [5, 5.41) is 3.19. The molecular formula is C13H15BrN4O2. The SMILES string of the molecule is CNC(c1cncc(Br)c1)c1ncc(OC)nc1OC. The van der Waals surface area contributed by atoms with Crippen molar-refractivity contribution >= 4 is 15.9 Å². The Balaban J connectivity index is 2.46. The summed E-state index contributed by atoms with van der Waals surface area (Å²) in [7, 11) is 4.94. The highest BCUT2D eigenvalue weighted by Gasteiger charge is 2.20. The molecule has 1 unspecified atom stereocenters. The van der Waals surface area contributed by atoms with E-state index in [4.69, 9.17) is 9.47 Å². The molecule has 2 rings (SSSR count). The second-order valence-corrected chi connectivity index (χ2v) is 4.88. The third kappa shape index (κ3) is 3.05. The third-order valence-corrected chi connectivity index (χ3v) is 3.20.